The Morgan fingerprint density at radius 3 is 2.68 bits per heavy atom. The number of rotatable bonds is 2. The molecule has 6 rings (SSSR count). The van der Waals surface area contributed by atoms with Gasteiger partial charge in [-0.2, -0.15) is 0 Å². The van der Waals surface area contributed by atoms with E-state index in [0.717, 1.165) is 54.2 Å². The van der Waals surface area contributed by atoms with Gasteiger partial charge in [0.15, 0.2) is 0 Å². The lowest BCUT2D eigenvalue weighted by Gasteiger charge is -2.58. The fourth-order valence-electron chi connectivity index (χ4n) is 10.7. The molecule has 9 unspecified atom stereocenters. The molecule has 2 saturated heterocycles. The average Bonchev–Trinajstić information content (AvgIpc) is 3.21. The zero-order valence-electron chi connectivity index (χ0n) is 20.9. The van der Waals surface area contributed by atoms with Crippen LogP contribution in [0.3, 0.4) is 0 Å². The maximum absolute atomic E-state index is 6.07. The number of nitrogens with zero attached hydrogens (tertiary/aromatic N) is 1. The van der Waals surface area contributed by atoms with Crippen LogP contribution in [-0.2, 0) is 4.74 Å². The second-order valence-electron chi connectivity index (χ2n) is 13.3. The minimum Gasteiger partial charge on any atom is -0.378 e. The molecular formula is C29H47NO. The molecule has 0 aromatic rings. The van der Waals surface area contributed by atoms with E-state index >= 15 is 0 Å². The van der Waals surface area contributed by atoms with E-state index in [9.17, 15) is 0 Å². The zero-order chi connectivity index (χ0) is 21.5. The topological polar surface area (TPSA) is 12.5 Å². The van der Waals surface area contributed by atoms with Gasteiger partial charge in [0.05, 0.1) is 6.10 Å². The Kier molecular flexibility index (Phi) is 5.01. The lowest BCUT2D eigenvalue weighted by molar-refractivity contribution is -0.0632. The van der Waals surface area contributed by atoms with Crippen LogP contribution in [0.2, 0.25) is 0 Å². The fraction of sp³-hybridized carbons (Fsp3) is 0.931. The SMILES string of the molecule is CCOC1CCC2(C)C(=CCC3C2CCC2(C)C3CC3C2[C@H](C)C2CC[C@H](C)CN32)C1. The summed E-state index contributed by atoms with van der Waals surface area (Å²) in [5.74, 6) is 5.61. The molecule has 2 aliphatic heterocycles. The predicted molar refractivity (Wildman–Crippen MR) is 128 cm³/mol. The molecule has 0 aromatic carbocycles. The molecule has 0 bridgehead atoms. The average molecular weight is 426 g/mol. The van der Waals surface area contributed by atoms with Gasteiger partial charge in [0.25, 0.3) is 0 Å². The zero-order valence-corrected chi connectivity index (χ0v) is 20.9. The minimum absolute atomic E-state index is 0.462. The summed E-state index contributed by atoms with van der Waals surface area (Å²) < 4.78 is 6.07. The summed E-state index contributed by atoms with van der Waals surface area (Å²) in [7, 11) is 0. The second-order valence-corrected chi connectivity index (χ2v) is 13.3. The minimum atomic E-state index is 0.462. The van der Waals surface area contributed by atoms with Gasteiger partial charge in [-0.1, -0.05) is 39.3 Å². The number of hydrogen-bond acceptors (Lipinski definition) is 2. The smallest absolute Gasteiger partial charge is 0.0612 e. The molecule has 0 aromatic heterocycles. The fourth-order valence-corrected chi connectivity index (χ4v) is 10.7. The normalized spacial score (nSPS) is 56.2. The highest BCUT2D eigenvalue weighted by atomic mass is 16.5. The van der Waals surface area contributed by atoms with Gasteiger partial charge in [-0.15, -0.1) is 0 Å². The van der Waals surface area contributed by atoms with Crippen molar-refractivity contribution in [3.05, 3.63) is 11.6 Å². The number of piperidine rings is 1. The van der Waals surface area contributed by atoms with Crippen LogP contribution in [0.4, 0.5) is 0 Å². The van der Waals surface area contributed by atoms with E-state index in [-0.39, 0.29) is 0 Å². The summed E-state index contributed by atoms with van der Waals surface area (Å²) in [6.45, 7) is 15.0. The van der Waals surface area contributed by atoms with Crippen molar-refractivity contribution >= 4 is 0 Å². The van der Waals surface area contributed by atoms with Crippen molar-refractivity contribution in [2.45, 2.75) is 111 Å². The number of allylic oxidation sites excluding steroid dienone is 1. The third-order valence-electron chi connectivity index (χ3n) is 12.1. The summed E-state index contributed by atoms with van der Waals surface area (Å²) in [5.41, 5.74) is 2.83. The molecule has 3 saturated carbocycles. The molecule has 5 fully saturated rings. The first-order valence-corrected chi connectivity index (χ1v) is 13.9. The van der Waals surface area contributed by atoms with E-state index in [1.54, 1.807) is 5.57 Å². The highest BCUT2D eigenvalue weighted by Crippen LogP contribution is 2.69. The molecule has 31 heavy (non-hydrogen) atoms. The third kappa shape index (κ3) is 2.89. The molecule has 4 aliphatic carbocycles. The van der Waals surface area contributed by atoms with E-state index in [0.29, 0.717) is 16.9 Å². The van der Waals surface area contributed by atoms with Crippen LogP contribution in [0, 0.1) is 46.3 Å². The van der Waals surface area contributed by atoms with Gasteiger partial charge in [0.1, 0.15) is 0 Å². The van der Waals surface area contributed by atoms with Crippen molar-refractivity contribution < 1.29 is 4.74 Å². The molecule has 2 nitrogen and oxygen atoms in total. The summed E-state index contributed by atoms with van der Waals surface area (Å²) in [6, 6.07) is 1.79. The molecule has 0 radical (unpaired) electrons. The number of hydrogen-bond donors (Lipinski definition) is 0. The van der Waals surface area contributed by atoms with Gasteiger partial charge in [0.2, 0.25) is 0 Å². The molecule has 6 aliphatic rings. The lowest BCUT2D eigenvalue weighted by Crippen LogP contribution is -2.51. The molecule has 2 heteroatoms. The Balaban J connectivity index is 1.28. The van der Waals surface area contributed by atoms with Gasteiger partial charge in [-0.25, -0.2) is 0 Å². The van der Waals surface area contributed by atoms with Crippen molar-refractivity contribution in [2.75, 3.05) is 13.2 Å². The Morgan fingerprint density at radius 2 is 1.87 bits per heavy atom. The van der Waals surface area contributed by atoms with Crippen LogP contribution in [0.25, 0.3) is 0 Å². The summed E-state index contributed by atoms with van der Waals surface area (Å²) in [4.78, 5) is 3.04. The molecule has 0 spiro atoms. The van der Waals surface area contributed by atoms with E-state index in [1.807, 2.05) is 0 Å². The van der Waals surface area contributed by atoms with Gasteiger partial charge in [-0.05, 0) is 111 Å². The Bertz CT molecular complexity index is 745. The largest absolute Gasteiger partial charge is 0.378 e. The highest BCUT2D eigenvalue weighted by Gasteiger charge is 2.66. The van der Waals surface area contributed by atoms with Crippen LogP contribution in [-0.4, -0.2) is 36.2 Å². The van der Waals surface area contributed by atoms with Gasteiger partial charge < -0.3 is 4.74 Å². The maximum Gasteiger partial charge on any atom is 0.0612 e. The lowest BCUT2D eigenvalue weighted by atomic mass is 9.47. The van der Waals surface area contributed by atoms with Crippen LogP contribution < -0.4 is 0 Å². The maximum atomic E-state index is 6.07. The molecule has 11 atom stereocenters. The molecule has 2 heterocycles. The quantitative estimate of drug-likeness (QED) is 0.456. The van der Waals surface area contributed by atoms with E-state index in [4.69, 9.17) is 4.74 Å². The van der Waals surface area contributed by atoms with Crippen molar-refractivity contribution in [3.8, 4) is 0 Å². The molecule has 0 amide bonds. The van der Waals surface area contributed by atoms with Crippen molar-refractivity contribution in [3.63, 3.8) is 0 Å². The Hall–Kier alpha value is -0.340. The first-order valence-electron chi connectivity index (χ1n) is 13.9. The number of ether oxygens (including phenoxy) is 1. The summed E-state index contributed by atoms with van der Waals surface area (Å²) in [5, 5.41) is 0. The molecule has 0 N–H and O–H groups in total. The standard InChI is InChI=1S/C29H47NO/c1-6-31-21-11-13-28(4)20(15-21)8-9-22-23(28)12-14-29(5)24(22)16-26-27(29)19(3)25-10-7-18(2)17-30(25)26/h8,18-19,21-27H,6-7,9-17H2,1-5H3/t18-,19+,21?,22?,23?,24?,25?,26?,27?,28?,29?/m0/s1. The van der Waals surface area contributed by atoms with E-state index in [1.165, 1.54) is 64.3 Å². The first kappa shape index (κ1) is 21.2. The Morgan fingerprint density at radius 1 is 1.03 bits per heavy atom. The summed E-state index contributed by atoms with van der Waals surface area (Å²) >= 11 is 0. The monoisotopic (exact) mass is 425 g/mol. The van der Waals surface area contributed by atoms with Gasteiger partial charge in [0, 0.05) is 25.2 Å². The molecule has 174 valence electrons. The molecular weight excluding hydrogens is 378 g/mol. The van der Waals surface area contributed by atoms with Crippen molar-refractivity contribution in [2.24, 2.45) is 46.3 Å². The van der Waals surface area contributed by atoms with Crippen LogP contribution >= 0.6 is 0 Å². The van der Waals surface area contributed by atoms with Crippen molar-refractivity contribution in [1.82, 2.24) is 4.90 Å². The van der Waals surface area contributed by atoms with Gasteiger partial charge in [-0.3, -0.25) is 4.90 Å². The van der Waals surface area contributed by atoms with Crippen molar-refractivity contribution in [1.29, 1.82) is 0 Å². The highest BCUT2D eigenvalue weighted by molar-refractivity contribution is 5.26. The van der Waals surface area contributed by atoms with E-state index in [2.05, 4.69) is 45.6 Å². The predicted octanol–water partition coefficient (Wildman–Crippen LogP) is 6.70. The third-order valence-corrected chi connectivity index (χ3v) is 12.1. The van der Waals surface area contributed by atoms with E-state index < -0.39 is 0 Å². The van der Waals surface area contributed by atoms with Crippen LogP contribution in [0.1, 0.15) is 92.4 Å². The van der Waals surface area contributed by atoms with Gasteiger partial charge >= 0.3 is 0 Å². The number of fused-ring (bicyclic) bond motifs is 9. The van der Waals surface area contributed by atoms with Crippen LogP contribution in [0.5, 0.6) is 0 Å². The second kappa shape index (κ2) is 7.33. The first-order chi connectivity index (χ1) is 14.9. The van der Waals surface area contributed by atoms with Crippen LogP contribution in [0.15, 0.2) is 11.6 Å². The summed E-state index contributed by atoms with van der Waals surface area (Å²) in [6.07, 6.45) is 15.9. The Labute approximate surface area is 191 Å².